The average molecular weight is 427 g/mol. The summed E-state index contributed by atoms with van der Waals surface area (Å²) in [6.07, 6.45) is 3.69. The maximum Gasteiger partial charge on any atom is 0.254 e. The van der Waals surface area contributed by atoms with Gasteiger partial charge in [-0.25, -0.2) is 0 Å². The summed E-state index contributed by atoms with van der Waals surface area (Å²) < 4.78 is 5.29. The van der Waals surface area contributed by atoms with Crippen LogP contribution >= 0.6 is 11.6 Å². The Morgan fingerprint density at radius 3 is 2.57 bits per heavy atom. The minimum absolute atomic E-state index is 0.00583. The number of nitrogens with one attached hydrogen (secondary N) is 1. The zero-order valence-corrected chi connectivity index (χ0v) is 18.0. The Hall–Kier alpha value is -2.37. The average Bonchev–Trinajstić information content (AvgIpc) is 3.23. The van der Waals surface area contributed by atoms with Crippen LogP contribution in [-0.2, 0) is 16.1 Å². The van der Waals surface area contributed by atoms with Gasteiger partial charge in [0.2, 0.25) is 5.91 Å². The maximum absolute atomic E-state index is 13.6. The van der Waals surface area contributed by atoms with Gasteiger partial charge < -0.3 is 15.0 Å². The van der Waals surface area contributed by atoms with Gasteiger partial charge in [0.25, 0.3) is 5.91 Å². The van der Waals surface area contributed by atoms with Crippen molar-refractivity contribution in [3.63, 3.8) is 0 Å². The summed E-state index contributed by atoms with van der Waals surface area (Å²) in [5.74, 6) is -0.418. The molecule has 1 atom stereocenters. The molecule has 0 radical (unpaired) electrons. The SMILES string of the molecule is COCCN1C(=O)c2ccccc2C(C(=O)NCc2ccc(Cl)cc2)C12CCCC2. The first kappa shape index (κ1) is 20.9. The molecule has 0 aromatic heterocycles. The highest BCUT2D eigenvalue weighted by Gasteiger charge is 2.55. The number of rotatable bonds is 6. The highest BCUT2D eigenvalue weighted by Crippen LogP contribution is 2.50. The zero-order valence-electron chi connectivity index (χ0n) is 17.2. The summed E-state index contributed by atoms with van der Waals surface area (Å²) in [4.78, 5) is 28.9. The van der Waals surface area contributed by atoms with Crippen molar-refractivity contribution in [2.75, 3.05) is 20.3 Å². The maximum atomic E-state index is 13.6. The summed E-state index contributed by atoms with van der Waals surface area (Å²) in [6.45, 7) is 1.37. The number of carbonyl (C=O) groups excluding carboxylic acids is 2. The van der Waals surface area contributed by atoms with Gasteiger partial charge in [-0.1, -0.05) is 54.8 Å². The van der Waals surface area contributed by atoms with Crippen LogP contribution in [0.4, 0.5) is 0 Å². The van der Waals surface area contributed by atoms with Gasteiger partial charge in [0.1, 0.15) is 0 Å². The fraction of sp³-hybridized carbons (Fsp3) is 0.417. The molecule has 6 heteroatoms. The molecule has 1 heterocycles. The van der Waals surface area contributed by atoms with Crippen molar-refractivity contribution >= 4 is 23.4 Å². The standard InChI is InChI=1S/C24H27ClN2O3/c1-30-15-14-27-23(29)20-7-3-2-6-19(20)21(24(27)12-4-5-13-24)22(28)26-16-17-8-10-18(25)11-9-17/h2-3,6-11,21H,4-5,12-16H2,1H3,(H,26,28). The Labute approximate surface area is 182 Å². The molecule has 2 aromatic carbocycles. The molecule has 0 bridgehead atoms. The lowest BCUT2D eigenvalue weighted by atomic mass is 9.71. The van der Waals surface area contributed by atoms with Gasteiger partial charge >= 0.3 is 0 Å². The normalized spacial score (nSPS) is 19.7. The molecule has 0 saturated heterocycles. The van der Waals surface area contributed by atoms with E-state index in [1.54, 1.807) is 7.11 Å². The van der Waals surface area contributed by atoms with Crippen LogP contribution in [0.5, 0.6) is 0 Å². The van der Waals surface area contributed by atoms with E-state index in [4.69, 9.17) is 16.3 Å². The lowest BCUT2D eigenvalue weighted by Gasteiger charge is -2.50. The van der Waals surface area contributed by atoms with E-state index >= 15 is 0 Å². The summed E-state index contributed by atoms with van der Waals surface area (Å²) >= 11 is 5.97. The monoisotopic (exact) mass is 426 g/mol. The summed E-state index contributed by atoms with van der Waals surface area (Å²) in [7, 11) is 1.64. The van der Waals surface area contributed by atoms with Crippen LogP contribution in [0.25, 0.3) is 0 Å². The first-order valence-corrected chi connectivity index (χ1v) is 10.9. The summed E-state index contributed by atoms with van der Waals surface area (Å²) in [5.41, 5.74) is 1.96. The van der Waals surface area contributed by atoms with Gasteiger partial charge in [-0.2, -0.15) is 0 Å². The van der Waals surface area contributed by atoms with Gasteiger partial charge in [-0.3, -0.25) is 9.59 Å². The lowest BCUT2D eigenvalue weighted by molar-refractivity contribution is -0.126. The topological polar surface area (TPSA) is 58.6 Å². The minimum Gasteiger partial charge on any atom is -0.383 e. The number of carbonyl (C=O) groups is 2. The molecule has 2 aromatic rings. The van der Waals surface area contributed by atoms with Gasteiger partial charge in [0.05, 0.1) is 18.1 Å². The number of hydrogen-bond acceptors (Lipinski definition) is 3. The van der Waals surface area contributed by atoms with Crippen molar-refractivity contribution in [2.45, 2.75) is 43.7 Å². The van der Waals surface area contributed by atoms with Crippen molar-refractivity contribution in [3.8, 4) is 0 Å². The van der Waals surface area contributed by atoms with Crippen molar-refractivity contribution in [2.24, 2.45) is 0 Å². The molecule has 1 spiro atoms. The van der Waals surface area contributed by atoms with Crippen molar-refractivity contribution in [1.82, 2.24) is 10.2 Å². The van der Waals surface area contributed by atoms with Gasteiger partial charge in [-0.15, -0.1) is 0 Å². The number of halogens is 1. The Morgan fingerprint density at radius 1 is 1.17 bits per heavy atom. The summed E-state index contributed by atoms with van der Waals surface area (Å²) in [5, 5.41) is 3.79. The molecular formula is C24H27ClN2O3. The number of amides is 2. The predicted octanol–water partition coefficient (Wildman–Crippen LogP) is 4.16. The zero-order chi connectivity index (χ0) is 21.1. The number of ether oxygens (including phenoxy) is 1. The van der Waals surface area contributed by atoms with Crippen molar-refractivity contribution in [1.29, 1.82) is 0 Å². The van der Waals surface area contributed by atoms with Crippen molar-refractivity contribution in [3.05, 3.63) is 70.2 Å². The van der Waals surface area contributed by atoms with E-state index in [1.807, 2.05) is 53.4 Å². The first-order chi connectivity index (χ1) is 14.6. The third kappa shape index (κ3) is 3.72. The molecule has 5 nitrogen and oxygen atoms in total. The Bertz CT molecular complexity index is 922. The quantitative estimate of drug-likeness (QED) is 0.754. The van der Waals surface area contributed by atoms with Gasteiger partial charge in [0.15, 0.2) is 0 Å². The molecule has 1 saturated carbocycles. The second kappa shape index (κ2) is 8.78. The van der Waals surface area contributed by atoms with Crippen LogP contribution in [0.2, 0.25) is 5.02 Å². The first-order valence-electron chi connectivity index (χ1n) is 10.5. The van der Waals surface area contributed by atoms with Gasteiger partial charge in [-0.05, 0) is 42.2 Å². The largest absolute Gasteiger partial charge is 0.383 e. The Kier molecular flexibility index (Phi) is 6.11. The van der Waals surface area contributed by atoms with Crippen LogP contribution in [0, 0.1) is 0 Å². The highest BCUT2D eigenvalue weighted by atomic mass is 35.5. The molecule has 30 heavy (non-hydrogen) atoms. The molecule has 1 N–H and O–H groups in total. The number of benzene rings is 2. The fourth-order valence-corrected chi connectivity index (χ4v) is 5.19. The van der Waals surface area contributed by atoms with Gasteiger partial charge in [0, 0.05) is 30.8 Å². The van der Waals surface area contributed by atoms with Crippen molar-refractivity contribution < 1.29 is 14.3 Å². The van der Waals surface area contributed by atoms with E-state index in [0.717, 1.165) is 36.8 Å². The second-order valence-electron chi connectivity index (χ2n) is 8.12. The van der Waals surface area contributed by atoms with Crippen LogP contribution in [0.1, 0.15) is 53.1 Å². The lowest BCUT2D eigenvalue weighted by Crippen LogP contribution is -2.61. The third-order valence-electron chi connectivity index (χ3n) is 6.45. The molecule has 4 rings (SSSR count). The highest BCUT2D eigenvalue weighted by molar-refractivity contribution is 6.30. The van der Waals surface area contributed by atoms with E-state index in [1.165, 1.54) is 0 Å². The Balaban J connectivity index is 1.68. The van der Waals surface area contributed by atoms with Crippen LogP contribution in [0.3, 0.4) is 0 Å². The fourth-order valence-electron chi connectivity index (χ4n) is 5.07. The number of methoxy groups -OCH3 is 1. The van der Waals surface area contributed by atoms with E-state index in [2.05, 4.69) is 5.32 Å². The predicted molar refractivity (Wildman–Crippen MR) is 117 cm³/mol. The van der Waals surface area contributed by atoms with E-state index < -0.39 is 11.5 Å². The van der Waals surface area contributed by atoms with E-state index in [0.29, 0.717) is 30.3 Å². The molecule has 1 fully saturated rings. The van der Waals surface area contributed by atoms with E-state index in [9.17, 15) is 9.59 Å². The third-order valence-corrected chi connectivity index (χ3v) is 6.70. The smallest absolute Gasteiger partial charge is 0.254 e. The summed E-state index contributed by atoms with van der Waals surface area (Å²) in [6, 6.07) is 15.0. The minimum atomic E-state index is -0.492. The molecule has 1 aliphatic carbocycles. The second-order valence-corrected chi connectivity index (χ2v) is 8.56. The molecular weight excluding hydrogens is 400 g/mol. The molecule has 158 valence electrons. The molecule has 2 amide bonds. The molecule has 1 unspecified atom stereocenters. The Morgan fingerprint density at radius 2 is 1.87 bits per heavy atom. The van der Waals surface area contributed by atoms with Crippen LogP contribution < -0.4 is 5.32 Å². The number of hydrogen-bond donors (Lipinski definition) is 1. The molecule has 1 aliphatic heterocycles. The van der Waals surface area contributed by atoms with Crippen LogP contribution in [0.15, 0.2) is 48.5 Å². The molecule has 2 aliphatic rings. The van der Waals surface area contributed by atoms with Crippen LogP contribution in [-0.4, -0.2) is 42.5 Å². The number of fused-ring (bicyclic) bond motifs is 1. The number of nitrogens with zero attached hydrogens (tertiary/aromatic N) is 1. The van der Waals surface area contributed by atoms with E-state index in [-0.39, 0.29) is 11.8 Å².